The van der Waals surface area contributed by atoms with Gasteiger partial charge in [-0.05, 0) is 31.5 Å². The van der Waals surface area contributed by atoms with Gasteiger partial charge in [0.05, 0.1) is 5.02 Å². The first-order valence-corrected chi connectivity index (χ1v) is 6.98. The molecule has 108 valence electrons. The molecule has 0 saturated carbocycles. The number of hydrogen-bond donors (Lipinski definition) is 1. The van der Waals surface area contributed by atoms with E-state index in [-0.39, 0.29) is 11.7 Å². The Morgan fingerprint density at radius 3 is 2.95 bits per heavy atom. The lowest BCUT2D eigenvalue weighted by Gasteiger charge is -2.32. The predicted molar refractivity (Wildman–Crippen MR) is 78.3 cm³/mol. The van der Waals surface area contributed by atoms with Gasteiger partial charge in [0.15, 0.2) is 0 Å². The molecule has 1 N–H and O–H groups in total. The monoisotopic (exact) mass is 295 g/mol. The maximum absolute atomic E-state index is 10.8. The van der Waals surface area contributed by atoms with Crippen molar-refractivity contribution in [3.8, 4) is 5.75 Å². The summed E-state index contributed by atoms with van der Waals surface area (Å²) in [7, 11) is 0. The Morgan fingerprint density at radius 1 is 1.50 bits per heavy atom. The number of piperidine rings is 1. The lowest BCUT2D eigenvalue weighted by Crippen LogP contribution is -2.42. The molecule has 1 heterocycles. The first-order valence-electron chi connectivity index (χ1n) is 6.61. The summed E-state index contributed by atoms with van der Waals surface area (Å²) in [6.45, 7) is 5.50. The molecule has 1 atom stereocenters. The second-order valence-corrected chi connectivity index (χ2v) is 5.36. The zero-order valence-corrected chi connectivity index (χ0v) is 12.0. The Balaban J connectivity index is 1.92. The highest BCUT2D eigenvalue weighted by Crippen LogP contribution is 2.26. The molecule has 0 amide bonds. The van der Waals surface area contributed by atoms with Crippen molar-refractivity contribution in [3.05, 3.63) is 41.4 Å². The average Bonchev–Trinajstić information content (AvgIpc) is 2.42. The summed E-state index contributed by atoms with van der Waals surface area (Å²) in [5, 5.41) is 9.47. The Kier molecular flexibility index (Phi) is 5.04. The van der Waals surface area contributed by atoms with Crippen LogP contribution in [0.15, 0.2) is 36.4 Å². The second kappa shape index (κ2) is 6.77. The zero-order valence-electron chi connectivity index (χ0n) is 11.2. The molecule has 5 heteroatoms. The van der Waals surface area contributed by atoms with Crippen LogP contribution in [0.5, 0.6) is 5.75 Å². The molecular weight excluding hydrogens is 278 g/mol. The maximum Gasteiger partial charge on any atom is 0.332 e. The van der Waals surface area contributed by atoms with Crippen LogP contribution in [0.25, 0.3) is 0 Å². The van der Waals surface area contributed by atoms with E-state index in [1.807, 2.05) is 18.2 Å². The van der Waals surface area contributed by atoms with Crippen molar-refractivity contribution in [1.82, 2.24) is 4.90 Å². The van der Waals surface area contributed by atoms with Crippen LogP contribution in [-0.4, -0.2) is 41.7 Å². The summed E-state index contributed by atoms with van der Waals surface area (Å²) in [5.41, 5.74) is 0.211. The fraction of sp³-hybridized carbons (Fsp3) is 0.400. The van der Waals surface area contributed by atoms with E-state index < -0.39 is 5.97 Å². The smallest absolute Gasteiger partial charge is 0.332 e. The van der Waals surface area contributed by atoms with Crippen molar-refractivity contribution in [2.45, 2.75) is 18.9 Å². The standard InChI is InChI=1S/C15H18ClNO3/c1-11(15(18)19)9-17-8-4-5-12(10-17)20-14-7-3-2-6-13(14)16/h2-3,6-7,12H,1,4-5,8-10H2,(H,18,19). The number of carbonyl (C=O) groups is 1. The molecule has 0 bridgehead atoms. The number of carboxylic acid groups (broad SMARTS) is 1. The van der Waals surface area contributed by atoms with Crippen LogP contribution in [0, 0.1) is 0 Å². The van der Waals surface area contributed by atoms with Crippen molar-refractivity contribution in [2.75, 3.05) is 19.6 Å². The fourth-order valence-corrected chi connectivity index (χ4v) is 2.49. The van der Waals surface area contributed by atoms with E-state index in [0.717, 1.165) is 19.4 Å². The molecule has 2 rings (SSSR count). The van der Waals surface area contributed by atoms with Gasteiger partial charge in [-0.2, -0.15) is 0 Å². The van der Waals surface area contributed by atoms with Crippen molar-refractivity contribution < 1.29 is 14.6 Å². The minimum atomic E-state index is -0.945. The Hall–Kier alpha value is -1.52. The summed E-state index contributed by atoms with van der Waals surface area (Å²) in [6.07, 6.45) is 1.95. The van der Waals surface area contributed by atoms with Gasteiger partial charge in [0.1, 0.15) is 11.9 Å². The second-order valence-electron chi connectivity index (χ2n) is 4.96. The van der Waals surface area contributed by atoms with Gasteiger partial charge in [-0.3, -0.25) is 4.90 Å². The number of carboxylic acids is 1. The maximum atomic E-state index is 10.8. The summed E-state index contributed by atoms with van der Waals surface area (Å²) in [5.74, 6) is -0.266. The third-order valence-electron chi connectivity index (χ3n) is 3.31. The molecule has 1 aromatic carbocycles. The number of para-hydroxylation sites is 1. The normalized spacial score (nSPS) is 19.6. The molecule has 0 spiro atoms. The summed E-state index contributed by atoms with van der Waals surface area (Å²) in [4.78, 5) is 12.9. The molecule has 0 aromatic heterocycles. The fourth-order valence-electron chi connectivity index (χ4n) is 2.31. The first-order chi connectivity index (χ1) is 9.56. The predicted octanol–water partition coefficient (Wildman–Crippen LogP) is 2.82. The average molecular weight is 296 g/mol. The van der Waals surface area contributed by atoms with Gasteiger partial charge >= 0.3 is 5.97 Å². The van der Waals surface area contributed by atoms with Crippen LogP contribution in [-0.2, 0) is 4.79 Å². The summed E-state index contributed by atoms with van der Waals surface area (Å²) >= 11 is 6.08. The van der Waals surface area contributed by atoms with Crippen LogP contribution >= 0.6 is 11.6 Å². The van der Waals surface area contributed by atoms with Gasteiger partial charge in [-0.15, -0.1) is 0 Å². The van der Waals surface area contributed by atoms with Crippen LogP contribution in [0.3, 0.4) is 0 Å². The lowest BCUT2D eigenvalue weighted by atomic mass is 10.1. The molecule has 0 radical (unpaired) electrons. The number of ether oxygens (including phenoxy) is 1. The quantitative estimate of drug-likeness (QED) is 0.849. The zero-order chi connectivity index (χ0) is 14.5. The topological polar surface area (TPSA) is 49.8 Å². The molecule has 1 aliphatic rings. The molecule has 1 aromatic rings. The van der Waals surface area contributed by atoms with Crippen molar-refractivity contribution in [2.24, 2.45) is 0 Å². The Bertz CT molecular complexity index is 504. The Morgan fingerprint density at radius 2 is 2.25 bits per heavy atom. The van der Waals surface area contributed by atoms with E-state index in [9.17, 15) is 4.79 Å². The van der Waals surface area contributed by atoms with E-state index in [2.05, 4.69) is 11.5 Å². The molecule has 1 unspecified atom stereocenters. The van der Waals surface area contributed by atoms with E-state index >= 15 is 0 Å². The highest BCUT2D eigenvalue weighted by molar-refractivity contribution is 6.32. The summed E-state index contributed by atoms with van der Waals surface area (Å²) in [6, 6.07) is 7.38. The van der Waals surface area contributed by atoms with E-state index in [1.165, 1.54) is 0 Å². The Labute approximate surface area is 123 Å². The number of nitrogens with zero attached hydrogens (tertiary/aromatic N) is 1. The van der Waals surface area contributed by atoms with Crippen molar-refractivity contribution >= 4 is 17.6 Å². The van der Waals surface area contributed by atoms with Crippen LogP contribution < -0.4 is 4.74 Å². The third kappa shape index (κ3) is 3.99. The number of halogens is 1. The van der Waals surface area contributed by atoms with Gasteiger partial charge in [-0.25, -0.2) is 4.79 Å². The molecule has 1 aliphatic heterocycles. The third-order valence-corrected chi connectivity index (χ3v) is 3.62. The van der Waals surface area contributed by atoms with Crippen molar-refractivity contribution in [3.63, 3.8) is 0 Å². The van der Waals surface area contributed by atoms with E-state index in [1.54, 1.807) is 6.07 Å². The van der Waals surface area contributed by atoms with Gasteiger partial charge < -0.3 is 9.84 Å². The molecule has 20 heavy (non-hydrogen) atoms. The van der Waals surface area contributed by atoms with Gasteiger partial charge in [0.2, 0.25) is 0 Å². The van der Waals surface area contributed by atoms with Crippen LogP contribution in [0.1, 0.15) is 12.8 Å². The molecule has 4 nitrogen and oxygen atoms in total. The van der Waals surface area contributed by atoms with Gasteiger partial charge in [0, 0.05) is 18.7 Å². The highest BCUT2D eigenvalue weighted by atomic mass is 35.5. The largest absolute Gasteiger partial charge is 0.488 e. The number of benzene rings is 1. The molecular formula is C15H18ClNO3. The van der Waals surface area contributed by atoms with Crippen LogP contribution in [0.4, 0.5) is 0 Å². The van der Waals surface area contributed by atoms with Crippen molar-refractivity contribution in [1.29, 1.82) is 0 Å². The van der Waals surface area contributed by atoms with Crippen LogP contribution in [0.2, 0.25) is 5.02 Å². The lowest BCUT2D eigenvalue weighted by molar-refractivity contribution is -0.133. The highest BCUT2D eigenvalue weighted by Gasteiger charge is 2.23. The summed E-state index contributed by atoms with van der Waals surface area (Å²) < 4.78 is 5.91. The SMILES string of the molecule is C=C(CN1CCCC(Oc2ccccc2Cl)C1)C(=O)O. The molecule has 1 saturated heterocycles. The number of hydrogen-bond acceptors (Lipinski definition) is 3. The minimum absolute atomic E-state index is 0.0326. The number of rotatable bonds is 5. The molecule has 1 fully saturated rings. The molecule has 0 aliphatic carbocycles. The first kappa shape index (κ1) is 14.9. The number of aliphatic carboxylic acids is 1. The number of likely N-dealkylation sites (tertiary alicyclic amines) is 1. The van der Waals surface area contributed by atoms with E-state index in [0.29, 0.717) is 23.9 Å². The minimum Gasteiger partial charge on any atom is -0.488 e. The van der Waals surface area contributed by atoms with E-state index in [4.69, 9.17) is 21.4 Å². The van der Waals surface area contributed by atoms with Gasteiger partial charge in [-0.1, -0.05) is 30.3 Å². The van der Waals surface area contributed by atoms with Gasteiger partial charge in [0.25, 0.3) is 0 Å².